The number of benzene rings is 1. The van der Waals surface area contributed by atoms with E-state index < -0.39 is 6.43 Å². The fourth-order valence-corrected chi connectivity index (χ4v) is 3.07. The van der Waals surface area contributed by atoms with Crippen LogP contribution in [0.2, 0.25) is 0 Å². The Morgan fingerprint density at radius 1 is 1.35 bits per heavy atom. The first kappa shape index (κ1) is 13.7. The average Bonchev–Trinajstić information content (AvgIpc) is 2.84. The Morgan fingerprint density at radius 2 is 2.15 bits per heavy atom. The molecule has 0 bridgehead atoms. The number of nitrogens with zero attached hydrogens (tertiary/aromatic N) is 2. The second-order valence-corrected chi connectivity index (χ2v) is 5.66. The zero-order chi connectivity index (χ0) is 14.3. The standard InChI is InChI=1S/C14H17F2N3S/c1-18-4-2-3-9-5-11(10-7-17-19(20)8-10)12(14(15)16)6-13(9)18/h5-6,8,14,17,20H,2-4,7H2,1H3. The van der Waals surface area contributed by atoms with Gasteiger partial charge in [0, 0.05) is 37.6 Å². The van der Waals surface area contributed by atoms with E-state index >= 15 is 0 Å². The SMILES string of the molecule is CN1CCCc2cc(C3=CN(S)NC3)c(C(F)F)cc21. The summed E-state index contributed by atoms with van der Waals surface area (Å²) in [5.41, 5.74) is 6.65. The van der Waals surface area contributed by atoms with E-state index in [0.717, 1.165) is 36.2 Å². The van der Waals surface area contributed by atoms with Crippen molar-refractivity contribution in [3.8, 4) is 0 Å². The summed E-state index contributed by atoms with van der Waals surface area (Å²) in [6.45, 7) is 1.45. The Bertz CT molecular complexity index is 560. The molecule has 0 fully saturated rings. The van der Waals surface area contributed by atoms with E-state index in [1.54, 1.807) is 12.3 Å². The van der Waals surface area contributed by atoms with Crippen molar-refractivity contribution in [1.82, 2.24) is 9.84 Å². The molecule has 0 spiro atoms. The van der Waals surface area contributed by atoms with E-state index in [4.69, 9.17) is 0 Å². The van der Waals surface area contributed by atoms with Crippen LogP contribution in [0.5, 0.6) is 0 Å². The van der Waals surface area contributed by atoms with Crippen LogP contribution in [0.25, 0.3) is 5.57 Å². The molecule has 0 unspecified atom stereocenters. The van der Waals surface area contributed by atoms with Gasteiger partial charge in [-0.25, -0.2) is 14.2 Å². The highest BCUT2D eigenvalue weighted by Crippen LogP contribution is 2.37. The van der Waals surface area contributed by atoms with Crippen LogP contribution in [0.3, 0.4) is 0 Å². The number of rotatable bonds is 2. The Morgan fingerprint density at radius 3 is 2.80 bits per heavy atom. The lowest BCUT2D eigenvalue weighted by Gasteiger charge is -2.29. The lowest BCUT2D eigenvalue weighted by Crippen LogP contribution is -2.25. The minimum absolute atomic E-state index is 0.106. The molecular weight excluding hydrogens is 280 g/mol. The van der Waals surface area contributed by atoms with E-state index in [0.29, 0.717) is 12.1 Å². The van der Waals surface area contributed by atoms with Crippen molar-refractivity contribution in [2.45, 2.75) is 19.3 Å². The Balaban J connectivity index is 2.11. The molecule has 0 saturated heterocycles. The molecule has 3 rings (SSSR count). The normalized spacial score (nSPS) is 18.6. The number of thiol groups is 1. The summed E-state index contributed by atoms with van der Waals surface area (Å²) in [5, 5.41) is 0. The van der Waals surface area contributed by atoms with E-state index in [9.17, 15) is 8.78 Å². The predicted molar refractivity (Wildman–Crippen MR) is 79.8 cm³/mol. The van der Waals surface area contributed by atoms with Crippen LogP contribution in [0.15, 0.2) is 18.3 Å². The zero-order valence-corrected chi connectivity index (χ0v) is 12.1. The summed E-state index contributed by atoms with van der Waals surface area (Å²) in [4.78, 5) is 2.06. The lowest BCUT2D eigenvalue weighted by atomic mass is 9.92. The third kappa shape index (κ3) is 2.38. The van der Waals surface area contributed by atoms with Gasteiger partial charge >= 0.3 is 0 Å². The van der Waals surface area contributed by atoms with Crippen molar-refractivity contribution >= 4 is 24.1 Å². The number of hydrogen-bond acceptors (Lipinski definition) is 4. The van der Waals surface area contributed by atoms with Crippen molar-refractivity contribution in [3.05, 3.63) is 35.0 Å². The van der Waals surface area contributed by atoms with E-state index in [1.807, 2.05) is 13.1 Å². The molecule has 2 heterocycles. The zero-order valence-electron chi connectivity index (χ0n) is 11.2. The maximum Gasteiger partial charge on any atom is 0.264 e. The molecule has 1 N–H and O–H groups in total. The minimum atomic E-state index is -2.47. The summed E-state index contributed by atoms with van der Waals surface area (Å²) < 4.78 is 28.3. The summed E-state index contributed by atoms with van der Waals surface area (Å²) in [6.07, 6.45) is 1.29. The quantitative estimate of drug-likeness (QED) is 0.818. The first-order valence-electron chi connectivity index (χ1n) is 6.65. The molecule has 0 atom stereocenters. The molecule has 2 aliphatic heterocycles. The van der Waals surface area contributed by atoms with E-state index in [2.05, 4.69) is 23.1 Å². The molecule has 0 aromatic heterocycles. The molecule has 0 saturated carbocycles. The van der Waals surface area contributed by atoms with Gasteiger partial charge in [-0.1, -0.05) is 0 Å². The lowest BCUT2D eigenvalue weighted by molar-refractivity contribution is 0.151. The van der Waals surface area contributed by atoms with Crippen LogP contribution in [0.4, 0.5) is 14.5 Å². The van der Waals surface area contributed by atoms with Crippen molar-refractivity contribution in [2.24, 2.45) is 0 Å². The van der Waals surface area contributed by atoms with Gasteiger partial charge in [0.25, 0.3) is 6.43 Å². The van der Waals surface area contributed by atoms with Crippen molar-refractivity contribution in [3.63, 3.8) is 0 Å². The second-order valence-electron chi connectivity index (χ2n) is 5.23. The fraction of sp³-hybridized carbons (Fsp3) is 0.429. The number of nitrogens with one attached hydrogen (secondary N) is 1. The molecule has 20 heavy (non-hydrogen) atoms. The highest BCUT2D eigenvalue weighted by molar-refractivity contribution is 7.77. The molecule has 0 amide bonds. The first-order chi connectivity index (χ1) is 9.56. The van der Waals surface area contributed by atoms with Gasteiger partial charge in [0.05, 0.1) is 0 Å². The van der Waals surface area contributed by atoms with Gasteiger partial charge < -0.3 is 4.90 Å². The molecule has 108 valence electrons. The van der Waals surface area contributed by atoms with Gasteiger partial charge in [-0.3, -0.25) is 4.41 Å². The van der Waals surface area contributed by atoms with Crippen LogP contribution < -0.4 is 10.3 Å². The average molecular weight is 297 g/mol. The largest absolute Gasteiger partial charge is 0.374 e. The van der Waals surface area contributed by atoms with Gasteiger partial charge in [0.2, 0.25) is 0 Å². The number of hydrogen-bond donors (Lipinski definition) is 2. The molecule has 1 aromatic rings. The van der Waals surface area contributed by atoms with Crippen LogP contribution >= 0.6 is 12.8 Å². The Labute approximate surface area is 122 Å². The Kier molecular flexibility index (Phi) is 3.60. The summed E-state index contributed by atoms with van der Waals surface area (Å²) in [7, 11) is 1.96. The van der Waals surface area contributed by atoms with E-state index in [1.165, 1.54) is 4.41 Å². The number of halogens is 2. The van der Waals surface area contributed by atoms with E-state index in [-0.39, 0.29) is 5.56 Å². The van der Waals surface area contributed by atoms with Gasteiger partial charge in [-0.15, -0.1) is 0 Å². The molecule has 0 radical (unpaired) electrons. The summed E-state index contributed by atoms with van der Waals surface area (Å²) >= 11 is 4.15. The van der Waals surface area contributed by atoms with Gasteiger partial charge in [-0.2, -0.15) is 0 Å². The number of fused-ring (bicyclic) bond motifs is 1. The van der Waals surface area contributed by atoms with Crippen molar-refractivity contribution in [2.75, 3.05) is 25.0 Å². The fourth-order valence-electron chi connectivity index (χ4n) is 2.86. The number of hydrazine groups is 1. The molecule has 2 aliphatic rings. The third-order valence-corrected chi connectivity index (χ3v) is 4.15. The van der Waals surface area contributed by atoms with Crippen LogP contribution in [0.1, 0.15) is 29.5 Å². The maximum atomic E-state index is 13.4. The first-order valence-corrected chi connectivity index (χ1v) is 7.05. The van der Waals surface area contributed by atoms with Gasteiger partial charge in [-0.05, 0) is 54.5 Å². The van der Waals surface area contributed by atoms with Crippen LogP contribution in [0, 0.1) is 0 Å². The highest BCUT2D eigenvalue weighted by atomic mass is 32.1. The van der Waals surface area contributed by atoms with Gasteiger partial charge in [0.1, 0.15) is 0 Å². The van der Waals surface area contributed by atoms with Crippen molar-refractivity contribution < 1.29 is 8.78 Å². The number of anilines is 1. The monoisotopic (exact) mass is 297 g/mol. The minimum Gasteiger partial charge on any atom is -0.374 e. The number of aryl methyl sites for hydroxylation is 1. The smallest absolute Gasteiger partial charge is 0.264 e. The summed E-state index contributed by atoms with van der Waals surface area (Å²) in [6, 6.07) is 3.57. The molecule has 3 nitrogen and oxygen atoms in total. The maximum absolute atomic E-state index is 13.4. The second kappa shape index (κ2) is 5.26. The van der Waals surface area contributed by atoms with Crippen molar-refractivity contribution in [1.29, 1.82) is 0 Å². The Hall–Kier alpha value is -1.27. The molecule has 1 aromatic carbocycles. The molecule has 6 heteroatoms. The van der Waals surface area contributed by atoms with Crippen LogP contribution in [-0.2, 0) is 6.42 Å². The highest BCUT2D eigenvalue weighted by Gasteiger charge is 2.24. The number of alkyl halides is 2. The summed E-state index contributed by atoms with van der Waals surface area (Å²) in [5.74, 6) is 0. The van der Waals surface area contributed by atoms with Gasteiger partial charge in [0.15, 0.2) is 0 Å². The van der Waals surface area contributed by atoms with Crippen LogP contribution in [-0.4, -0.2) is 24.6 Å². The molecular formula is C14H17F2N3S. The molecule has 0 aliphatic carbocycles. The predicted octanol–water partition coefficient (Wildman–Crippen LogP) is 3.01. The topological polar surface area (TPSA) is 18.5 Å². The third-order valence-electron chi connectivity index (χ3n) is 3.89.